The number of piperidine rings is 1. The zero-order chi connectivity index (χ0) is 25.1. The maximum Gasteiger partial charge on any atom is 0.227 e. The fraction of sp³-hybridized carbons (Fsp3) is 0.321. The first-order valence-electron chi connectivity index (χ1n) is 12.3. The lowest BCUT2D eigenvalue weighted by Crippen LogP contribution is -2.39. The van der Waals surface area contributed by atoms with Gasteiger partial charge >= 0.3 is 0 Å². The monoisotopic (exact) mass is 485 g/mol. The molecule has 2 aromatic carbocycles. The fourth-order valence-electron chi connectivity index (χ4n) is 4.67. The van der Waals surface area contributed by atoms with E-state index in [2.05, 4.69) is 16.3 Å². The number of benzene rings is 2. The summed E-state index contributed by atoms with van der Waals surface area (Å²) in [6.07, 6.45) is 1.52. The predicted molar refractivity (Wildman–Crippen MR) is 141 cm³/mol. The minimum Gasteiger partial charge on any atom is -0.497 e. The molecule has 8 heteroatoms. The standard InChI is InChI=1S/C28H31N5O3/c1-4-36-25-8-6-5-7-23(25)30-28(34)21-13-15-32(16-14-21)27-17-19(2)29-26-18-24(31-33(26)27)20-9-11-22(35-3)12-10-20/h5-12,17-18,21H,4,13-16H2,1-3H3,(H,30,34). The Labute approximate surface area is 210 Å². The van der Waals surface area contributed by atoms with Crippen LogP contribution in [-0.4, -0.2) is 47.3 Å². The van der Waals surface area contributed by atoms with Crippen LogP contribution >= 0.6 is 0 Å². The summed E-state index contributed by atoms with van der Waals surface area (Å²) < 4.78 is 12.8. The summed E-state index contributed by atoms with van der Waals surface area (Å²) in [4.78, 5) is 20.0. The van der Waals surface area contributed by atoms with Gasteiger partial charge in [-0.1, -0.05) is 12.1 Å². The Morgan fingerprint density at radius 1 is 1.08 bits per heavy atom. The number of aromatic nitrogens is 3. The number of amides is 1. The van der Waals surface area contributed by atoms with Crippen LogP contribution in [0.4, 0.5) is 11.5 Å². The Morgan fingerprint density at radius 3 is 2.56 bits per heavy atom. The Kier molecular flexibility index (Phi) is 6.75. The van der Waals surface area contributed by atoms with Crippen LogP contribution in [0.2, 0.25) is 0 Å². The lowest BCUT2D eigenvalue weighted by molar-refractivity contribution is -0.120. The average Bonchev–Trinajstić information content (AvgIpc) is 3.33. The van der Waals surface area contributed by atoms with Crippen molar-refractivity contribution in [1.29, 1.82) is 0 Å². The topological polar surface area (TPSA) is 81.0 Å². The van der Waals surface area contributed by atoms with Crippen molar-refractivity contribution in [2.24, 2.45) is 5.92 Å². The number of fused-ring (bicyclic) bond motifs is 1. The summed E-state index contributed by atoms with van der Waals surface area (Å²) in [5.74, 6) is 2.50. The summed E-state index contributed by atoms with van der Waals surface area (Å²) >= 11 is 0. The van der Waals surface area contributed by atoms with Crippen LogP contribution < -0.4 is 19.7 Å². The highest BCUT2D eigenvalue weighted by Gasteiger charge is 2.27. The third-order valence-corrected chi connectivity index (χ3v) is 6.56. The number of carbonyl (C=O) groups excluding carboxylic acids is 1. The van der Waals surface area contributed by atoms with Crippen molar-refractivity contribution >= 4 is 23.1 Å². The van der Waals surface area contributed by atoms with Crippen molar-refractivity contribution in [3.05, 3.63) is 66.4 Å². The number of hydrogen-bond donors (Lipinski definition) is 1. The summed E-state index contributed by atoms with van der Waals surface area (Å²) in [7, 11) is 1.66. The SMILES string of the molecule is CCOc1ccccc1NC(=O)C1CCN(c2cc(C)nc3cc(-c4ccc(OC)cc4)nn23)CC1. The number of carbonyl (C=O) groups is 1. The quantitative estimate of drug-likeness (QED) is 0.398. The van der Waals surface area contributed by atoms with E-state index in [-0.39, 0.29) is 11.8 Å². The molecule has 0 unspecified atom stereocenters. The molecular formula is C28H31N5O3. The van der Waals surface area contributed by atoms with Gasteiger partial charge in [0.1, 0.15) is 17.3 Å². The number of aryl methyl sites for hydroxylation is 1. The largest absolute Gasteiger partial charge is 0.497 e. The molecule has 2 aromatic heterocycles. The number of hydrogen-bond acceptors (Lipinski definition) is 6. The van der Waals surface area contributed by atoms with E-state index >= 15 is 0 Å². The minimum absolute atomic E-state index is 0.0405. The van der Waals surface area contributed by atoms with Crippen LogP contribution in [0.25, 0.3) is 16.9 Å². The molecule has 3 heterocycles. The molecule has 0 aliphatic carbocycles. The Hall–Kier alpha value is -4.07. The molecule has 8 nitrogen and oxygen atoms in total. The first-order valence-corrected chi connectivity index (χ1v) is 12.3. The molecule has 0 radical (unpaired) electrons. The molecule has 1 saturated heterocycles. The van der Waals surface area contributed by atoms with E-state index in [1.807, 2.05) is 73.0 Å². The van der Waals surface area contributed by atoms with Crippen molar-refractivity contribution in [3.63, 3.8) is 0 Å². The summed E-state index contributed by atoms with van der Waals surface area (Å²) in [5, 5.41) is 7.94. The van der Waals surface area contributed by atoms with Gasteiger partial charge in [-0.25, -0.2) is 4.98 Å². The molecule has 1 aliphatic heterocycles. The second-order valence-electron chi connectivity index (χ2n) is 8.96. The zero-order valence-corrected chi connectivity index (χ0v) is 20.9. The van der Waals surface area contributed by atoms with Crippen molar-refractivity contribution in [3.8, 4) is 22.8 Å². The average molecular weight is 486 g/mol. The van der Waals surface area contributed by atoms with Crippen molar-refractivity contribution in [2.75, 3.05) is 37.0 Å². The predicted octanol–water partition coefficient (Wildman–Crippen LogP) is 4.97. The molecule has 186 valence electrons. The maximum atomic E-state index is 13.0. The second-order valence-corrected chi connectivity index (χ2v) is 8.96. The van der Waals surface area contributed by atoms with Gasteiger partial charge in [0.05, 0.1) is 25.1 Å². The normalized spacial score (nSPS) is 14.1. The van der Waals surface area contributed by atoms with Gasteiger partial charge in [0.15, 0.2) is 5.65 Å². The highest BCUT2D eigenvalue weighted by atomic mass is 16.5. The van der Waals surface area contributed by atoms with E-state index in [0.717, 1.165) is 65.8 Å². The van der Waals surface area contributed by atoms with Gasteiger partial charge in [0.2, 0.25) is 5.91 Å². The lowest BCUT2D eigenvalue weighted by atomic mass is 9.95. The van der Waals surface area contributed by atoms with E-state index in [9.17, 15) is 4.79 Å². The molecular weight excluding hydrogens is 454 g/mol. The van der Waals surface area contributed by atoms with Crippen molar-refractivity contribution < 1.29 is 14.3 Å². The van der Waals surface area contributed by atoms with Gasteiger partial charge in [0.25, 0.3) is 0 Å². The number of ether oxygens (including phenoxy) is 2. The molecule has 5 rings (SSSR count). The molecule has 36 heavy (non-hydrogen) atoms. The Balaban J connectivity index is 1.31. The van der Waals surface area contributed by atoms with Crippen LogP contribution in [0.1, 0.15) is 25.5 Å². The number of para-hydroxylation sites is 2. The van der Waals surface area contributed by atoms with Crippen LogP contribution in [0.5, 0.6) is 11.5 Å². The maximum absolute atomic E-state index is 13.0. The van der Waals surface area contributed by atoms with E-state index in [4.69, 9.17) is 19.6 Å². The van der Waals surface area contributed by atoms with Gasteiger partial charge in [-0.3, -0.25) is 4.79 Å². The first-order chi connectivity index (χ1) is 17.6. The molecule has 1 fully saturated rings. The molecule has 4 aromatic rings. The third-order valence-electron chi connectivity index (χ3n) is 6.56. The van der Waals surface area contributed by atoms with Crippen LogP contribution in [0.15, 0.2) is 60.7 Å². The highest BCUT2D eigenvalue weighted by molar-refractivity contribution is 5.94. The number of rotatable bonds is 7. The number of methoxy groups -OCH3 is 1. The van der Waals surface area contributed by atoms with E-state index in [0.29, 0.717) is 12.4 Å². The number of nitrogens with one attached hydrogen (secondary N) is 1. The number of nitrogens with zero attached hydrogens (tertiary/aromatic N) is 4. The third kappa shape index (κ3) is 4.84. The van der Waals surface area contributed by atoms with Gasteiger partial charge in [-0.05, 0) is 63.1 Å². The second kappa shape index (κ2) is 10.3. The highest BCUT2D eigenvalue weighted by Crippen LogP contribution is 2.29. The Morgan fingerprint density at radius 2 is 1.83 bits per heavy atom. The van der Waals surface area contributed by atoms with Crippen LogP contribution in [-0.2, 0) is 4.79 Å². The molecule has 0 saturated carbocycles. The minimum atomic E-state index is -0.0539. The molecule has 0 atom stereocenters. The van der Waals surface area contributed by atoms with Crippen molar-refractivity contribution in [1.82, 2.24) is 14.6 Å². The van der Waals surface area contributed by atoms with Gasteiger partial charge in [0, 0.05) is 42.4 Å². The zero-order valence-electron chi connectivity index (χ0n) is 20.9. The Bertz CT molecular complexity index is 1360. The summed E-state index contributed by atoms with van der Waals surface area (Å²) in [6.45, 7) is 6.02. The summed E-state index contributed by atoms with van der Waals surface area (Å²) in [5.41, 5.74) is 4.34. The smallest absolute Gasteiger partial charge is 0.227 e. The molecule has 1 N–H and O–H groups in total. The first kappa shape index (κ1) is 23.7. The van der Waals surface area contributed by atoms with Gasteiger partial charge in [-0.15, -0.1) is 0 Å². The lowest BCUT2D eigenvalue weighted by Gasteiger charge is -2.33. The van der Waals surface area contributed by atoms with E-state index < -0.39 is 0 Å². The fourth-order valence-corrected chi connectivity index (χ4v) is 4.67. The van der Waals surface area contributed by atoms with E-state index in [1.165, 1.54) is 0 Å². The van der Waals surface area contributed by atoms with Gasteiger partial charge in [-0.2, -0.15) is 9.61 Å². The number of anilines is 2. The molecule has 1 amide bonds. The molecule has 0 spiro atoms. The van der Waals surface area contributed by atoms with Gasteiger partial charge < -0.3 is 19.7 Å². The molecule has 1 aliphatic rings. The van der Waals surface area contributed by atoms with Crippen molar-refractivity contribution in [2.45, 2.75) is 26.7 Å². The van der Waals surface area contributed by atoms with Crippen LogP contribution in [0.3, 0.4) is 0 Å². The summed E-state index contributed by atoms with van der Waals surface area (Å²) in [6, 6.07) is 19.5. The molecule has 0 bridgehead atoms. The van der Waals surface area contributed by atoms with Crippen LogP contribution in [0, 0.1) is 12.8 Å². The van der Waals surface area contributed by atoms with E-state index in [1.54, 1.807) is 7.11 Å².